The first-order chi connectivity index (χ1) is 8.38. The molecule has 0 rings (SSSR count). The minimum atomic E-state index is -0.941. The number of aliphatic carboxylic acids is 1. The van der Waals surface area contributed by atoms with Gasteiger partial charge in [0.15, 0.2) is 0 Å². The standard InChI is InChI=1S/C12H24N2O4/c1-5-8(2)12(14(3)10(15)7-13)9(18-4)6-11(16)17/h8-9,12H,5-7,13H2,1-4H3,(H,16,17). The molecule has 6 nitrogen and oxygen atoms in total. The second-order valence-electron chi connectivity index (χ2n) is 4.46. The number of hydrogen-bond acceptors (Lipinski definition) is 4. The summed E-state index contributed by atoms with van der Waals surface area (Å²) in [6.45, 7) is 3.87. The summed E-state index contributed by atoms with van der Waals surface area (Å²) < 4.78 is 5.25. The van der Waals surface area contributed by atoms with Gasteiger partial charge in [-0.25, -0.2) is 0 Å². The molecule has 0 fully saturated rings. The summed E-state index contributed by atoms with van der Waals surface area (Å²) >= 11 is 0. The SMILES string of the molecule is CCC(C)C(C(CC(=O)O)OC)N(C)C(=O)CN. The Morgan fingerprint density at radius 2 is 2.00 bits per heavy atom. The summed E-state index contributed by atoms with van der Waals surface area (Å²) in [6.07, 6.45) is 0.165. The number of carboxylic acids is 1. The van der Waals surface area contributed by atoms with Crippen LogP contribution in [-0.4, -0.2) is 54.7 Å². The smallest absolute Gasteiger partial charge is 0.306 e. The molecule has 6 heteroatoms. The van der Waals surface area contributed by atoms with Crippen molar-refractivity contribution in [1.82, 2.24) is 4.90 Å². The number of carbonyl (C=O) groups is 2. The van der Waals surface area contributed by atoms with Crippen molar-refractivity contribution in [3.8, 4) is 0 Å². The Bertz CT molecular complexity index is 283. The van der Waals surface area contributed by atoms with Gasteiger partial charge in [0.2, 0.25) is 5.91 Å². The quantitative estimate of drug-likeness (QED) is 0.655. The first kappa shape index (κ1) is 16.9. The van der Waals surface area contributed by atoms with E-state index in [9.17, 15) is 9.59 Å². The molecule has 0 saturated heterocycles. The number of likely N-dealkylation sites (N-methyl/N-ethyl adjacent to an activating group) is 1. The first-order valence-corrected chi connectivity index (χ1v) is 6.09. The fourth-order valence-electron chi connectivity index (χ4n) is 2.06. The second-order valence-corrected chi connectivity index (χ2v) is 4.46. The summed E-state index contributed by atoms with van der Waals surface area (Å²) in [4.78, 5) is 24.0. The lowest BCUT2D eigenvalue weighted by Crippen LogP contribution is -2.51. The van der Waals surface area contributed by atoms with Crippen molar-refractivity contribution in [3.63, 3.8) is 0 Å². The molecule has 0 aliphatic heterocycles. The number of amides is 1. The molecule has 0 aromatic carbocycles. The number of hydrogen-bond donors (Lipinski definition) is 2. The van der Waals surface area contributed by atoms with Crippen LogP contribution >= 0.6 is 0 Å². The lowest BCUT2D eigenvalue weighted by atomic mass is 9.91. The van der Waals surface area contributed by atoms with Crippen LogP contribution in [-0.2, 0) is 14.3 Å². The predicted molar refractivity (Wildman–Crippen MR) is 68.1 cm³/mol. The maximum Gasteiger partial charge on any atom is 0.306 e. The fourth-order valence-corrected chi connectivity index (χ4v) is 2.06. The van der Waals surface area contributed by atoms with E-state index in [4.69, 9.17) is 15.6 Å². The molecule has 1 amide bonds. The van der Waals surface area contributed by atoms with E-state index in [-0.39, 0.29) is 30.8 Å². The van der Waals surface area contributed by atoms with Crippen molar-refractivity contribution in [2.75, 3.05) is 20.7 Å². The molecule has 0 aromatic rings. The van der Waals surface area contributed by atoms with Gasteiger partial charge >= 0.3 is 5.97 Å². The molecule has 0 spiro atoms. The fraction of sp³-hybridized carbons (Fsp3) is 0.833. The first-order valence-electron chi connectivity index (χ1n) is 6.09. The Morgan fingerprint density at radius 1 is 1.44 bits per heavy atom. The molecule has 3 N–H and O–H groups in total. The summed E-state index contributed by atoms with van der Waals surface area (Å²) in [5, 5.41) is 8.89. The van der Waals surface area contributed by atoms with Crippen molar-refractivity contribution in [2.24, 2.45) is 11.7 Å². The van der Waals surface area contributed by atoms with Crippen LogP contribution in [0.25, 0.3) is 0 Å². The molecule has 3 unspecified atom stereocenters. The molecule has 0 radical (unpaired) electrons. The largest absolute Gasteiger partial charge is 0.481 e. The molecule has 0 bridgehead atoms. The third-order valence-electron chi connectivity index (χ3n) is 3.30. The van der Waals surface area contributed by atoms with Gasteiger partial charge in [0.1, 0.15) is 0 Å². The summed E-state index contributed by atoms with van der Waals surface area (Å²) in [5.41, 5.74) is 5.35. The van der Waals surface area contributed by atoms with Crippen molar-refractivity contribution in [1.29, 1.82) is 0 Å². The van der Waals surface area contributed by atoms with Gasteiger partial charge in [-0.1, -0.05) is 20.3 Å². The zero-order chi connectivity index (χ0) is 14.3. The van der Waals surface area contributed by atoms with E-state index in [0.29, 0.717) is 0 Å². The minimum absolute atomic E-state index is 0.0903. The zero-order valence-corrected chi connectivity index (χ0v) is 11.5. The van der Waals surface area contributed by atoms with E-state index < -0.39 is 12.1 Å². The molecule has 0 aromatic heterocycles. The number of ether oxygens (including phenoxy) is 1. The average Bonchev–Trinajstić information content (AvgIpc) is 2.35. The predicted octanol–water partition coefficient (Wildman–Crippen LogP) is 0.308. The van der Waals surface area contributed by atoms with Gasteiger partial charge in [0, 0.05) is 14.2 Å². The maximum absolute atomic E-state index is 11.7. The Balaban J connectivity index is 5.05. The van der Waals surface area contributed by atoms with Crippen molar-refractivity contribution < 1.29 is 19.4 Å². The molecular formula is C12H24N2O4. The lowest BCUT2D eigenvalue weighted by molar-refractivity contribution is -0.145. The van der Waals surface area contributed by atoms with Gasteiger partial charge in [0.25, 0.3) is 0 Å². The van der Waals surface area contributed by atoms with Gasteiger partial charge in [-0.3, -0.25) is 9.59 Å². The normalized spacial score (nSPS) is 15.8. The highest BCUT2D eigenvalue weighted by atomic mass is 16.5. The van der Waals surface area contributed by atoms with Crippen LogP contribution in [0.15, 0.2) is 0 Å². The number of carbonyl (C=O) groups excluding carboxylic acids is 1. The number of methoxy groups -OCH3 is 1. The van der Waals surface area contributed by atoms with E-state index in [2.05, 4.69) is 0 Å². The highest BCUT2D eigenvalue weighted by Gasteiger charge is 2.33. The molecule has 0 saturated carbocycles. The Labute approximate surface area is 108 Å². The van der Waals surface area contributed by atoms with Crippen LogP contribution in [0.4, 0.5) is 0 Å². The van der Waals surface area contributed by atoms with Gasteiger partial charge < -0.3 is 20.5 Å². The minimum Gasteiger partial charge on any atom is -0.481 e. The highest BCUT2D eigenvalue weighted by molar-refractivity contribution is 5.78. The third kappa shape index (κ3) is 4.62. The second kappa shape index (κ2) is 8.05. The van der Waals surface area contributed by atoms with Crippen molar-refractivity contribution >= 4 is 11.9 Å². The van der Waals surface area contributed by atoms with Crippen LogP contribution < -0.4 is 5.73 Å². The molecular weight excluding hydrogens is 236 g/mol. The molecule has 0 heterocycles. The average molecular weight is 260 g/mol. The number of rotatable bonds is 8. The Kier molecular flexibility index (Phi) is 7.54. The number of nitrogens with two attached hydrogens (primary N) is 1. The highest BCUT2D eigenvalue weighted by Crippen LogP contribution is 2.21. The summed E-state index contributed by atoms with van der Waals surface area (Å²) in [5.74, 6) is -1.02. The van der Waals surface area contributed by atoms with Crippen LogP contribution in [0.1, 0.15) is 26.7 Å². The topological polar surface area (TPSA) is 92.9 Å². The van der Waals surface area contributed by atoms with Gasteiger partial charge in [-0.15, -0.1) is 0 Å². The molecule has 0 aliphatic carbocycles. The number of nitrogens with zero attached hydrogens (tertiary/aromatic N) is 1. The number of carboxylic acid groups (broad SMARTS) is 1. The molecule has 106 valence electrons. The summed E-state index contributed by atoms with van der Waals surface area (Å²) in [6, 6.07) is -0.285. The van der Waals surface area contributed by atoms with Crippen LogP contribution in [0.3, 0.4) is 0 Å². The monoisotopic (exact) mass is 260 g/mol. The Hall–Kier alpha value is -1.14. The Morgan fingerprint density at radius 3 is 2.33 bits per heavy atom. The zero-order valence-electron chi connectivity index (χ0n) is 11.5. The van der Waals surface area contributed by atoms with Gasteiger partial charge in [-0.2, -0.15) is 0 Å². The van der Waals surface area contributed by atoms with Crippen LogP contribution in [0.2, 0.25) is 0 Å². The lowest BCUT2D eigenvalue weighted by Gasteiger charge is -2.37. The summed E-state index contributed by atoms with van der Waals surface area (Å²) in [7, 11) is 3.10. The van der Waals surface area contributed by atoms with Crippen LogP contribution in [0.5, 0.6) is 0 Å². The van der Waals surface area contributed by atoms with Crippen molar-refractivity contribution in [3.05, 3.63) is 0 Å². The molecule has 0 aliphatic rings. The van der Waals surface area contributed by atoms with Crippen molar-refractivity contribution in [2.45, 2.75) is 38.8 Å². The van der Waals surface area contributed by atoms with E-state index in [1.165, 1.54) is 12.0 Å². The van der Waals surface area contributed by atoms with E-state index in [1.807, 2.05) is 13.8 Å². The maximum atomic E-state index is 11.7. The molecule has 3 atom stereocenters. The van der Waals surface area contributed by atoms with E-state index in [0.717, 1.165) is 6.42 Å². The van der Waals surface area contributed by atoms with Crippen LogP contribution in [0, 0.1) is 5.92 Å². The van der Waals surface area contributed by atoms with E-state index in [1.54, 1.807) is 7.05 Å². The van der Waals surface area contributed by atoms with Gasteiger partial charge in [0.05, 0.1) is 25.1 Å². The molecule has 18 heavy (non-hydrogen) atoms. The van der Waals surface area contributed by atoms with E-state index >= 15 is 0 Å². The van der Waals surface area contributed by atoms with Gasteiger partial charge in [-0.05, 0) is 5.92 Å². The third-order valence-corrected chi connectivity index (χ3v) is 3.30.